The smallest absolute Gasteiger partial charge is 0.273 e. The molecule has 1 aliphatic rings. The number of carbonyl (C=O) groups excluding carboxylic acids is 2. The van der Waals surface area contributed by atoms with Crippen LogP contribution in [0.5, 0.6) is 0 Å². The molecule has 132 valence electrons. The molecular weight excluding hydrogens is 339 g/mol. The second-order valence-corrected chi connectivity index (χ2v) is 7.35. The Morgan fingerprint density at radius 1 is 1.08 bits per heavy atom. The van der Waals surface area contributed by atoms with Crippen molar-refractivity contribution in [3.63, 3.8) is 0 Å². The van der Waals surface area contributed by atoms with Gasteiger partial charge in [0.05, 0.1) is 4.88 Å². The Kier molecular flexibility index (Phi) is 5.81. The summed E-state index contributed by atoms with van der Waals surface area (Å²) in [6.45, 7) is 0. The molecule has 2 amide bonds. The minimum Gasteiger partial charge on any atom is -0.273 e. The number of aryl methyl sites for hydroxylation is 3. The van der Waals surface area contributed by atoms with Gasteiger partial charge in [0.1, 0.15) is 5.82 Å². The molecule has 1 aromatic carbocycles. The number of amides is 2. The summed E-state index contributed by atoms with van der Waals surface area (Å²) in [5.74, 6) is -0.952. The molecule has 6 heteroatoms. The van der Waals surface area contributed by atoms with Crippen LogP contribution in [0.25, 0.3) is 0 Å². The lowest BCUT2D eigenvalue weighted by atomic mass is 10.1. The second-order valence-electron chi connectivity index (χ2n) is 6.21. The first-order valence-electron chi connectivity index (χ1n) is 8.57. The van der Waals surface area contributed by atoms with Crippen molar-refractivity contribution in [2.24, 2.45) is 0 Å². The van der Waals surface area contributed by atoms with E-state index in [9.17, 15) is 14.0 Å². The van der Waals surface area contributed by atoms with Crippen molar-refractivity contribution >= 4 is 23.2 Å². The molecule has 0 saturated heterocycles. The van der Waals surface area contributed by atoms with Gasteiger partial charge in [0, 0.05) is 11.3 Å². The fourth-order valence-corrected chi connectivity index (χ4v) is 4.13. The zero-order valence-corrected chi connectivity index (χ0v) is 14.8. The van der Waals surface area contributed by atoms with Gasteiger partial charge in [-0.1, -0.05) is 24.6 Å². The van der Waals surface area contributed by atoms with Gasteiger partial charge in [0.15, 0.2) is 0 Å². The zero-order valence-electron chi connectivity index (χ0n) is 13.9. The van der Waals surface area contributed by atoms with Gasteiger partial charge in [-0.15, -0.1) is 11.3 Å². The maximum Gasteiger partial charge on any atom is 0.279 e. The molecule has 2 aromatic rings. The largest absolute Gasteiger partial charge is 0.279 e. The highest BCUT2D eigenvalue weighted by molar-refractivity contribution is 7.14. The van der Waals surface area contributed by atoms with E-state index in [1.807, 2.05) is 6.07 Å². The molecule has 0 spiro atoms. The Bertz CT molecular complexity index is 749. The van der Waals surface area contributed by atoms with Crippen molar-refractivity contribution in [1.82, 2.24) is 10.9 Å². The van der Waals surface area contributed by atoms with Gasteiger partial charge in [0.2, 0.25) is 5.91 Å². The van der Waals surface area contributed by atoms with Crippen LogP contribution in [0.1, 0.15) is 51.4 Å². The monoisotopic (exact) mass is 360 g/mol. The highest BCUT2D eigenvalue weighted by atomic mass is 32.1. The first kappa shape index (κ1) is 17.6. The predicted molar refractivity (Wildman–Crippen MR) is 95.9 cm³/mol. The molecule has 2 N–H and O–H groups in total. The van der Waals surface area contributed by atoms with E-state index in [0.29, 0.717) is 16.9 Å². The molecular formula is C19H21FN2O2S. The summed E-state index contributed by atoms with van der Waals surface area (Å²) in [6, 6.07) is 8.31. The lowest BCUT2D eigenvalue weighted by molar-refractivity contribution is -0.121. The molecule has 0 radical (unpaired) electrons. The number of rotatable bonds is 4. The topological polar surface area (TPSA) is 58.2 Å². The number of halogens is 1. The number of nitrogens with one attached hydrogen (secondary N) is 2. The number of fused-ring (bicyclic) bond motifs is 1. The number of hydrogen-bond donors (Lipinski definition) is 2. The summed E-state index contributed by atoms with van der Waals surface area (Å²) in [5.41, 5.74) is 6.62. The van der Waals surface area contributed by atoms with Crippen LogP contribution in [0.15, 0.2) is 30.3 Å². The van der Waals surface area contributed by atoms with Crippen LogP contribution >= 0.6 is 11.3 Å². The number of thiophene rings is 1. The van der Waals surface area contributed by atoms with E-state index in [-0.39, 0.29) is 24.1 Å². The highest BCUT2D eigenvalue weighted by Gasteiger charge is 2.17. The van der Waals surface area contributed by atoms with E-state index in [2.05, 4.69) is 10.9 Å². The van der Waals surface area contributed by atoms with E-state index < -0.39 is 0 Å². The van der Waals surface area contributed by atoms with Gasteiger partial charge >= 0.3 is 0 Å². The summed E-state index contributed by atoms with van der Waals surface area (Å²) < 4.78 is 13.5. The van der Waals surface area contributed by atoms with Gasteiger partial charge in [-0.05, 0) is 55.4 Å². The van der Waals surface area contributed by atoms with Crippen molar-refractivity contribution in [3.05, 3.63) is 57.0 Å². The quantitative estimate of drug-likeness (QED) is 0.647. The fourth-order valence-electron chi connectivity index (χ4n) is 2.98. The van der Waals surface area contributed by atoms with Crippen LogP contribution in [-0.4, -0.2) is 11.8 Å². The predicted octanol–water partition coefficient (Wildman–Crippen LogP) is 3.55. The molecule has 0 bridgehead atoms. The van der Waals surface area contributed by atoms with Crippen LogP contribution in [0.3, 0.4) is 0 Å². The van der Waals surface area contributed by atoms with E-state index in [1.165, 1.54) is 40.7 Å². The summed E-state index contributed by atoms with van der Waals surface area (Å²) in [5, 5.41) is 0. The number of benzene rings is 1. The Balaban J connectivity index is 1.49. The van der Waals surface area contributed by atoms with Gasteiger partial charge in [-0.25, -0.2) is 4.39 Å². The first-order chi connectivity index (χ1) is 12.1. The van der Waals surface area contributed by atoms with Crippen molar-refractivity contribution in [2.75, 3.05) is 0 Å². The number of carbonyl (C=O) groups is 2. The van der Waals surface area contributed by atoms with Crippen LogP contribution in [-0.2, 0) is 24.1 Å². The van der Waals surface area contributed by atoms with E-state index in [4.69, 9.17) is 0 Å². The van der Waals surface area contributed by atoms with E-state index >= 15 is 0 Å². The molecule has 1 aromatic heterocycles. The molecule has 3 rings (SSSR count). The minimum atomic E-state index is -0.338. The first-order valence-corrected chi connectivity index (χ1v) is 9.39. The SMILES string of the molecule is O=C(CCc1ccccc1F)NNC(=O)c1cc2c(s1)CCCCC2. The number of hydrogen-bond acceptors (Lipinski definition) is 3. The molecule has 1 aliphatic carbocycles. The average molecular weight is 360 g/mol. The standard InChI is InChI=1S/C19H21FN2O2S/c20-15-8-5-4-6-13(15)10-11-18(23)21-22-19(24)17-12-14-7-2-1-3-9-16(14)25-17/h4-6,8,12H,1-3,7,9-11H2,(H,21,23)(H,22,24). The summed E-state index contributed by atoms with van der Waals surface area (Å²) >= 11 is 1.51. The molecule has 0 atom stereocenters. The Morgan fingerprint density at radius 2 is 1.88 bits per heavy atom. The Hall–Kier alpha value is -2.21. The van der Waals surface area contributed by atoms with Crippen molar-refractivity contribution < 1.29 is 14.0 Å². The van der Waals surface area contributed by atoms with Crippen LogP contribution < -0.4 is 10.9 Å². The summed E-state index contributed by atoms with van der Waals surface area (Å²) in [4.78, 5) is 26.0. The normalized spacial score (nSPS) is 13.6. The van der Waals surface area contributed by atoms with Gasteiger partial charge in [0.25, 0.3) is 5.91 Å². The summed E-state index contributed by atoms with van der Waals surface area (Å²) in [6.07, 6.45) is 6.03. The van der Waals surface area contributed by atoms with Crippen LogP contribution in [0.4, 0.5) is 4.39 Å². The molecule has 0 unspecified atom stereocenters. The van der Waals surface area contributed by atoms with Gasteiger partial charge in [-0.2, -0.15) is 0 Å². The molecule has 0 aliphatic heterocycles. The Labute approximate surface area is 150 Å². The van der Waals surface area contributed by atoms with E-state index in [0.717, 1.165) is 19.3 Å². The second kappa shape index (κ2) is 8.25. The highest BCUT2D eigenvalue weighted by Crippen LogP contribution is 2.28. The fraction of sp³-hybridized carbons (Fsp3) is 0.368. The molecule has 0 saturated carbocycles. The minimum absolute atomic E-state index is 0.113. The maximum atomic E-state index is 13.5. The molecule has 4 nitrogen and oxygen atoms in total. The van der Waals surface area contributed by atoms with Crippen LogP contribution in [0.2, 0.25) is 0 Å². The third-order valence-corrected chi connectivity index (χ3v) is 5.60. The Morgan fingerprint density at radius 3 is 2.72 bits per heavy atom. The molecule has 25 heavy (non-hydrogen) atoms. The van der Waals surface area contributed by atoms with Crippen molar-refractivity contribution in [1.29, 1.82) is 0 Å². The average Bonchev–Trinajstić information content (AvgIpc) is 2.90. The summed E-state index contributed by atoms with van der Waals surface area (Å²) in [7, 11) is 0. The zero-order chi connectivity index (χ0) is 17.6. The number of hydrazine groups is 1. The van der Waals surface area contributed by atoms with E-state index in [1.54, 1.807) is 18.2 Å². The maximum absolute atomic E-state index is 13.5. The van der Waals surface area contributed by atoms with Crippen molar-refractivity contribution in [2.45, 2.75) is 44.9 Å². The molecule has 1 heterocycles. The third-order valence-electron chi connectivity index (χ3n) is 4.37. The third kappa shape index (κ3) is 4.66. The van der Waals surface area contributed by atoms with Crippen LogP contribution in [0, 0.1) is 5.82 Å². The lowest BCUT2D eigenvalue weighted by Gasteiger charge is -2.07. The molecule has 0 fully saturated rings. The van der Waals surface area contributed by atoms with Gasteiger partial charge in [-0.3, -0.25) is 20.4 Å². The van der Waals surface area contributed by atoms with Crippen molar-refractivity contribution in [3.8, 4) is 0 Å². The van der Waals surface area contributed by atoms with Gasteiger partial charge < -0.3 is 0 Å². The lowest BCUT2D eigenvalue weighted by Crippen LogP contribution is -2.41.